The Morgan fingerprint density at radius 2 is 1.84 bits per heavy atom. The Labute approximate surface area is 109 Å². The van der Waals surface area contributed by atoms with Gasteiger partial charge in [0.15, 0.2) is 0 Å². The Morgan fingerprint density at radius 3 is 2.26 bits per heavy atom. The zero-order chi connectivity index (χ0) is 14.8. The van der Waals surface area contributed by atoms with Crippen LogP contribution in [0.2, 0.25) is 0 Å². The minimum Gasteiger partial charge on any atom is -0.397 e. The van der Waals surface area contributed by atoms with Crippen molar-refractivity contribution in [3.05, 3.63) is 23.8 Å². The van der Waals surface area contributed by atoms with Gasteiger partial charge >= 0.3 is 6.18 Å². The van der Waals surface area contributed by atoms with Crippen LogP contribution in [0.3, 0.4) is 0 Å². The standard InChI is InChI=1S/C10H14F3N3O2S/c1-6(2)15-19(17,18)16-9-4-3-7(5-8(9)14)10(11,12)13/h3-6,15-16H,14H2,1-2H3. The molecule has 0 heterocycles. The number of alkyl halides is 3. The molecule has 0 unspecified atom stereocenters. The van der Waals surface area contributed by atoms with E-state index in [1.165, 1.54) is 0 Å². The van der Waals surface area contributed by atoms with Crippen molar-refractivity contribution in [1.29, 1.82) is 0 Å². The molecular weight excluding hydrogens is 283 g/mol. The van der Waals surface area contributed by atoms with Gasteiger partial charge in [0, 0.05) is 6.04 Å². The maximum absolute atomic E-state index is 12.4. The quantitative estimate of drug-likeness (QED) is 0.743. The molecule has 1 aromatic rings. The SMILES string of the molecule is CC(C)NS(=O)(=O)Nc1ccc(C(F)(F)F)cc1N. The third-order valence-electron chi connectivity index (χ3n) is 2.01. The fourth-order valence-corrected chi connectivity index (χ4v) is 2.47. The highest BCUT2D eigenvalue weighted by atomic mass is 32.2. The molecule has 0 amide bonds. The van der Waals surface area contributed by atoms with Crippen molar-refractivity contribution in [3.8, 4) is 0 Å². The first-order chi connectivity index (χ1) is 8.51. The maximum atomic E-state index is 12.4. The molecule has 0 aliphatic heterocycles. The lowest BCUT2D eigenvalue weighted by Gasteiger charge is -2.14. The zero-order valence-corrected chi connectivity index (χ0v) is 11.1. The van der Waals surface area contributed by atoms with E-state index in [0.29, 0.717) is 6.07 Å². The third kappa shape index (κ3) is 4.60. The summed E-state index contributed by atoms with van der Waals surface area (Å²) in [5, 5.41) is 0. The summed E-state index contributed by atoms with van der Waals surface area (Å²) in [6, 6.07) is 2.04. The van der Waals surface area contributed by atoms with E-state index in [4.69, 9.17) is 5.73 Å². The number of nitrogens with one attached hydrogen (secondary N) is 2. The second-order valence-electron chi connectivity index (χ2n) is 4.18. The molecule has 0 aliphatic carbocycles. The number of anilines is 2. The molecule has 0 saturated carbocycles. The van der Waals surface area contributed by atoms with Gasteiger partial charge in [-0.3, -0.25) is 4.72 Å². The van der Waals surface area contributed by atoms with Gasteiger partial charge in [-0.05, 0) is 32.0 Å². The largest absolute Gasteiger partial charge is 0.416 e. The number of hydrogen-bond donors (Lipinski definition) is 3. The van der Waals surface area contributed by atoms with E-state index in [9.17, 15) is 21.6 Å². The first-order valence-corrected chi connectivity index (χ1v) is 6.76. The third-order valence-corrected chi connectivity index (χ3v) is 3.28. The van der Waals surface area contributed by atoms with Crippen LogP contribution >= 0.6 is 0 Å². The van der Waals surface area contributed by atoms with Crippen molar-refractivity contribution in [2.75, 3.05) is 10.5 Å². The van der Waals surface area contributed by atoms with Crippen LogP contribution in [0.4, 0.5) is 24.5 Å². The Morgan fingerprint density at radius 1 is 1.26 bits per heavy atom. The Bertz CT molecular complexity index is 556. The highest BCUT2D eigenvalue weighted by Crippen LogP contribution is 2.32. The van der Waals surface area contributed by atoms with Crippen LogP contribution < -0.4 is 15.2 Å². The van der Waals surface area contributed by atoms with Crippen LogP contribution in [0.25, 0.3) is 0 Å². The summed E-state index contributed by atoms with van der Waals surface area (Å²) in [7, 11) is -3.87. The van der Waals surface area contributed by atoms with Gasteiger partial charge in [0.2, 0.25) is 0 Å². The van der Waals surface area contributed by atoms with Crippen molar-refractivity contribution >= 4 is 21.6 Å². The molecule has 0 aliphatic rings. The average molecular weight is 297 g/mol. The highest BCUT2D eigenvalue weighted by molar-refractivity contribution is 7.90. The minimum absolute atomic E-state index is 0.110. The van der Waals surface area contributed by atoms with Gasteiger partial charge in [0.1, 0.15) is 0 Å². The lowest BCUT2D eigenvalue weighted by atomic mass is 10.2. The second kappa shape index (κ2) is 5.25. The van der Waals surface area contributed by atoms with Gasteiger partial charge in [0.25, 0.3) is 10.2 Å². The molecule has 9 heteroatoms. The van der Waals surface area contributed by atoms with Gasteiger partial charge in [0.05, 0.1) is 16.9 Å². The predicted molar refractivity (Wildman–Crippen MR) is 66.7 cm³/mol. The van der Waals surface area contributed by atoms with Crippen molar-refractivity contribution in [2.24, 2.45) is 0 Å². The molecule has 1 rings (SSSR count). The van der Waals surface area contributed by atoms with E-state index in [0.717, 1.165) is 12.1 Å². The average Bonchev–Trinajstić information content (AvgIpc) is 2.16. The fourth-order valence-electron chi connectivity index (χ4n) is 1.32. The maximum Gasteiger partial charge on any atom is 0.416 e. The number of hydrogen-bond acceptors (Lipinski definition) is 3. The van der Waals surface area contributed by atoms with Crippen molar-refractivity contribution < 1.29 is 21.6 Å². The van der Waals surface area contributed by atoms with Crippen LogP contribution in [0.1, 0.15) is 19.4 Å². The highest BCUT2D eigenvalue weighted by Gasteiger charge is 2.31. The molecule has 0 spiro atoms. The number of benzene rings is 1. The summed E-state index contributed by atoms with van der Waals surface area (Å²) in [6.07, 6.45) is -4.53. The van der Waals surface area contributed by atoms with E-state index in [-0.39, 0.29) is 17.4 Å². The summed E-state index contributed by atoms with van der Waals surface area (Å²) >= 11 is 0. The first-order valence-electron chi connectivity index (χ1n) is 5.28. The first kappa shape index (κ1) is 15.6. The predicted octanol–water partition coefficient (Wildman–Crippen LogP) is 1.94. The Kier molecular flexibility index (Phi) is 4.31. The number of rotatable bonds is 4. The molecule has 0 radical (unpaired) electrons. The van der Waals surface area contributed by atoms with Crippen LogP contribution in [0.5, 0.6) is 0 Å². The van der Waals surface area contributed by atoms with Gasteiger partial charge in [-0.25, -0.2) is 0 Å². The summed E-state index contributed by atoms with van der Waals surface area (Å²) in [6.45, 7) is 3.21. The van der Waals surface area contributed by atoms with Crippen LogP contribution in [0.15, 0.2) is 18.2 Å². The van der Waals surface area contributed by atoms with E-state index in [1.807, 2.05) is 0 Å². The summed E-state index contributed by atoms with van der Waals surface area (Å²) < 4.78 is 64.6. The van der Waals surface area contributed by atoms with E-state index >= 15 is 0 Å². The molecule has 5 nitrogen and oxygen atoms in total. The Balaban J connectivity index is 2.99. The minimum atomic E-state index is -4.53. The molecule has 0 saturated heterocycles. The Hall–Kier alpha value is -1.48. The monoisotopic (exact) mass is 297 g/mol. The van der Waals surface area contributed by atoms with Crippen molar-refractivity contribution in [1.82, 2.24) is 4.72 Å². The van der Waals surface area contributed by atoms with Gasteiger partial charge < -0.3 is 5.73 Å². The van der Waals surface area contributed by atoms with Crippen molar-refractivity contribution in [2.45, 2.75) is 26.1 Å². The summed E-state index contributed by atoms with van der Waals surface area (Å²) in [5.74, 6) is 0. The van der Waals surface area contributed by atoms with Gasteiger partial charge in [-0.1, -0.05) is 0 Å². The fraction of sp³-hybridized carbons (Fsp3) is 0.400. The number of halogens is 3. The van der Waals surface area contributed by atoms with Gasteiger partial charge in [-0.15, -0.1) is 0 Å². The molecule has 0 fully saturated rings. The zero-order valence-electron chi connectivity index (χ0n) is 10.2. The molecule has 19 heavy (non-hydrogen) atoms. The molecule has 108 valence electrons. The lowest BCUT2D eigenvalue weighted by molar-refractivity contribution is -0.137. The normalized spacial score (nSPS) is 12.7. The molecular formula is C10H14F3N3O2S. The topological polar surface area (TPSA) is 84.2 Å². The van der Waals surface area contributed by atoms with E-state index < -0.39 is 21.9 Å². The molecule has 1 aromatic carbocycles. The molecule has 0 atom stereocenters. The summed E-state index contributed by atoms with van der Waals surface area (Å²) in [5.41, 5.74) is 4.05. The van der Waals surface area contributed by atoms with E-state index in [1.54, 1.807) is 13.8 Å². The summed E-state index contributed by atoms with van der Waals surface area (Å²) in [4.78, 5) is 0. The number of nitrogen functional groups attached to an aromatic ring is 1. The lowest BCUT2D eigenvalue weighted by Crippen LogP contribution is -2.35. The van der Waals surface area contributed by atoms with E-state index in [2.05, 4.69) is 9.44 Å². The second-order valence-corrected chi connectivity index (χ2v) is 5.62. The van der Waals surface area contributed by atoms with Crippen LogP contribution in [-0.4, -0.2) is 14.5 Å². The smallest absolute Gasteiger partial charge is 0.397 e. The van der Waals surface area contributed by atoms with Crippen molar-refractivity contribution in [3.63, 3.8) is 0 Å². The van der Waals surface area contributed by atoms with Crippen LogP contribution in [0, 0.1) is 0 Å². The van der Waals surface area contributed by atoms with Crippen LogP contribution in [-0.2, 0) is 16.4 Å². The molecule has 4 N–H and O–H groups in total. The molecule has 0 aromatic heterocycles. The molecule has 0 bridgehead atoms. The van der Waals surface area contributed by atoms with Gasteiger partial charge in [-0.2, -0.15) is 26.3 Å². The number of nitrogens with two attached hydrogens (primary N) is 1.